The zero-order valence-electron chi connectivity index (χ0n) is 16.9. The van der Waals surface area contributed by atoms with E-state index in [4.69, 9.17) is 14.9 Å². The molecule has 2 heterocycles. The number of pyridine rings is 1. The molecule has 0 atom stereocenters. The molecule has 1 aliphatic carbocycles. The van der Waals surface area contributed by atoms with Crippen LogP contribution in [0.5, 0.6) is 11.6 Å². The normalized spacial score (nSPS) is 12.9. The van der Waals surface area contributed by atoms with Gasteiger partial charge in [0.2, 0.25) is 17.7 Å². The van der Waals surface area contributed by atoms with Gasteiger partial charge < -0.3 is 19.6 Å². The number of fused-ring (bicyclic) bond motifs is 1. The van der Waals surface area contributed by atoms with Crippen LogP contribution < -0.4 is 15.2 Å². The molecule has 1 aliphatic rings. The molecule has 0 fully saturated rings. The molecule has 4 rings (SSSR count). The number of benzene rings is 1. The molecule has 32 heavy (non-hydrogen) atoms. The molecule has 2 N–H and O–H groups in total. The number of nitrogens with two attached hydrogens (primary N) is 1. The van der Waals surface area contributed by atoms with E-state index in [-0.39, 0.29) is 5.56 Å². The van der Waals surface area contributed by atoms with Gasteiger partial charge in [-0.3, -0.25) is 4.79 Å². The zero-order chi connectivity index (χ0) is 23.3. The maximum atomic E-state index is 13.7. The van der Waals surface area contributed by atoms with Crippen LogP contribution in [-0.4, -0.2) is 29.3 Å². The van der Waals surface area contributed by atoms with Crippen molar-refractivity contribution in [2.24, 2.45) is 5.73 Å². The summed E-state index contributed by atoms with van der Waals surface area (Å²) in [5, 5.41) is 0. The first-order valence-electron chi connectivity index (χ1n) is 9.50. The van der Waals surface area contributed by atoms with Crippen LogP contribution in [0.3, 0.4) is 0 Å². The van der Waals surface area contributed by atoms with Crippen molar-refractivity contribution in [3.63, 3.8) is 0 Å². The second kappa shape index (κ2) is 9.67. The van der Waals surface area contributed by atoms with Gasteiger partial charge in [-0.15, -0.1) is 13.2 Å². The van der Waals surface area contributed by atoms with Crippen LogP contribution in [0.25, 0.3) is 11.5 Å². The number of hydrogen-bond donors (Lipinski definition) is 1. The number of aromatic nitrogens is 2. The highest BCUT2D eigenvalue weighted by molar-refractivity contribution is 5.93. The molecule has 1 aromatic carbocycles. The Morgan fingerprint density at radius 3 is 2.59 bits per heavy atom. The molecule has 0 unspecified atom stereocenters. The number of methoxy groups -OCH3 is 1. The Balaban J connectivity index is 0.000000188. The average Bonchev–Trinajstić information content (AvgIpc) is 3.17. The molecule has 170 valence electrons. The van der Waals surface area contributed by atoms with Crippen molar-refractivity contribution < 1.29 is 36.2 Å². The molecule has 7 nitrogen and oxygen atoms in total. The maximum Gasteiger partial charge on any atom is 0.573 e. The highest BCUT2D eigenvalue weighted by Crippen LogP contribution is 2.30. The minimum Gasteiger partial charge on any atom is -0.481 e. The lowest BCUT2D eigenvalue weighted by molar-refractivity contribution is -0.274. The van der Waals surface area contributed by atoms with Crippen molar-refractivity contribution in [2.75, 3.05) is 7.11 Å². The number of ether oxygens (including phenoxy) is 2. The smallest absolute Gasteiger partial charge is 0.481 e. The molecule has 11 heteroatoms. The summed E-state index contributed by atoms with van der Waals surface area (Å²) in [6.07, 6.45) is 0.355. The molecule has 0 radical (unpaired) electrons. The third-order valence-electron chi connectivity index (χ3n) is 4.47. The van der Waals surface area contributed by atoms with Crippen molar-refractivity contribution in [3.05, 3.63) is 59.4 Å². The minimum absolute atomic E-state index is 0.0354. The standard InChI is InChI=1S/C13H13FN2O2.C8H6F3NO2/c1-17-12-6-8(9(14)7-15-12)13-16-10-4-2-3-5-11(10)18-13;9-8(10,11)14-6-3-1-2-5(4-6)7(12)13/h6-7H,2-5H2,1H3;1-4H,(H2,12,13). The predicted molar refractivity (Wildman–Crippen MR) is 105 cm³/mol. The number of hydrogen-bond acceptors (Lipinski definition) is 6. The van der Waals surface area contributed by atoms with Crippen LogP contribution in [0, 0.1) is 5.82 Å². The highest BCUT2D eigenvalue weighted by Gasteiger charge is 2.31. The third kappa shape index (κ3) is 5.96. The van der Waals surface area contributed by atoms with Crippen molar-refractivity contribution >= 4 is 5.91 Å². The number of alkyl halides is 3. The van der Waals surface area contributed by atoms with Crippen molar-refractivity contribution in [1.29, 1.82) is 0 Å². The Bertz CT molecular complexity index is 1080. The van der Waals surface area contributed by atoms with Gasteiger partial charge in [0.25, 0.3) is 0 Å². The van der Waals surface area contributed by atoms with Gasteiger partial charge in [0.1, 0.15) is 11.5 Å². The summed E-state index contributed by atoms with van der Waals surface area (Å²) in [6.45, 7) is 0. The predicted octanol–water partition coefficient (Wildman–Crippen LogP) is 4.45. The number of rotatable bonds is 4. The Morgan fingerprint density at radius 1 is 1.19 bits per heavy atom. The largest absolute Gasteiger partial charge is 0.573 e. The summed E-state index contributed by atoms with van der Waals surface area (Å²) < 4.78 is 63.2. The molecule has 0 spiro atoms. The molecular formula is C21H19F4N3O4. The molecular weight excluding hydrogens is 434 g/mol. The van der Waals surface area contributed by atoms with Crippen molar-refractivity contribution in [1.82, 2.24) is 9.97 Å². The quantitative estimate of drug-likeness (QED) is 0.586. The lowest BCUT2D eigenvalue weighted by Gasteiger charge is -2.08. The van der Waals surface area contributed by atoms with Crippen LogP contribution in [0.2, 0.25) is 0 Å². The van der Waals surface area contributed by atoms with Gasteiger partial charge in [-0.25, -0.2) is 14.4 Å². The van der Waals surface area contributed by atoms with Gasteiger partial charge in [0, 0.05) is 18.1 Å². The number of carbonyl (C=O) groups excluding carboxylic acids is 1. The van der Waals surface area contributed by atoms with Crippen LogP contribution in [0.15, 0.2) is 40.9 Å². The van der Waals surface area contributed by atoms with E-state index in [1.807, 2.05) is 0 Å². The molecule has 0 saturated carbocycles. The number of aryl methyl sites for hydroxylation is 2. The highest BCUT2D eigenvalue weighted by atomic mass is 19.4. The van der Waals surface area contributed by atoms with Gasteiger partial charge in [0.15, 0.2) is 5.82 Å². The molecule has 1 amide bonds. The number of nitrogens with zero attached hydrogens (tertiary/aromatic N) is 2. The second-order valence-electron chi connectivity index (χ2n) is 6.74. The average molecular weight is 453 g/mol. The Morgan fingerprint density at radius 2 is 1.94 bits per heavy atom. The van der Waals surface area contributed by atoms with Gasteiger partial charge in [-0.2, -0.15) is 0 Å². The molecule has 2 aromatic heterocycles. The number of oxazole rings is 1. The van der Waals surface area contributed by atoms with E-state index in [9.17, 15) is 22.4 Å². The SMILES string of the molecule is COc1cc(-c2nc3c(o2)CCCC3)c(F)cn1.NC(=O)c1cccc(OC(F)(F)F)c1. The molecule has 3 aromatic rings. The fraction of sp³-hybridized carbons (Fsp3) is 0.286. The van der Waals surface area contributed by atoms with E-state index in [1.165, 1.54) is 25.3 Å². The number of halogens is 4. The van der Waals surface area contributed by atoms with Gasteiger partial charge in [-0.05, 0) is 37.5 Å². The monoisotopic (exact) mass is 453 g/mol. The van der Waals surface area contributed by atoms with E-state index in [2.05, 4.69) is 14.7 Å². The lowest BCUT2D eigenvalue weighted by Crippen LogP contribution is -2.18. The number of carbonyl (C=O) groups is 1. The first kappa shape index (κ1) is 23.0. The summed E-state index contributed by atoms with van der Waals surface area (Å²) >= 11 is 0. The summed E-state index contributed by atoms with van der Waals surface area (Å²) in [5.74, 6) is -0.171. The lowest BCUT2D eigenvalue weighted by atomic mass is 10.0. The van der Waals surface area contributed by atoms with E-state index in [0.29, 0.717) is 17.3 Å². The van der Waals surface area contributed by atoms with E-state index in [1.54, 1.807) is 0 Å². The molecule has 0 saturated heterocycles. The Labute approximate surface area is 180 Å². The molecule has 0 aliphatic heterocycles. The number of amides is 1. The van der Waals surface area contributed by atoms with Gasteiger partial charge in [0.05, 0.1) is 24.6 Å². The second-order valence-corrected chi connectivity index (χ2v) is 6.74. The van der Waals surface area contributed by atoms with E-state index < -0.39 is 23.8 Å². The van der Waals surface area contributed by atoms with Gasteiger partial charge >= 0.3 is 6.36 Å². The van der Waals surface area contributed by atoms with E-state index >= 15 is 0 Å². The summed E-state index contributed by atoms with van der Waals surface area (Å²) in [6, 6.07) is 6.06. The fourth-order valence-electron chi connectivity index (χ4n) is 3.01. The van der Waals surface area contributed by atoms with Crippen LogP contribution >= 0.6 is 0 Å². The summed E-state index contributed by atoms with van der Waals surface area (Å²) in [4.78, 5) is 18.8. The van der Waals surface area contributed by atoms with E-state index in [0.717, 1.165) is 55.5 Å². The fourth-order valence-corrected chi connectivity index (χ4v) is 3.01. The zero-order valence-corrected chi connectivity index (χ0v) is 16.9. The van der Waals surface area contributed by atoms with Gasteiger partial charge in [-0.1, -0.05) is 6.07 Å². The van der Waals surface area contributed by atoms with Crippen LogP contribution in [-0.2, 0) is 12.8 Å². The van der Waals surface area contributed by atoms with Crippen molar-refractivity contribution in [3.8, 4) is 23.1 Å². The maximum absolute atomic E-state index is 13.7. The Hall–Kier alpha value is -3.63. The van der Waals surface area contributed by atoms with Crippen LogP contribution in [0.4, 0.5) is 17.6 Å². The summed E-state index contributed by atoms with van der Waals surface area (Å²) in [5.41, 5.74) is 6.09. The van der Waals surface area contributed by atoms with Crippen molar-refractivity contribution in [2.45, 2.75) is 32.0 Å². The topological polar surface area (TPSA) is 100 Å². The first-order chi connectivity index (χ1) is 15.2. The van der Waals surface area contributed by atoms with Crippen LogP contribution in [0.1, 0.15) is 34.7 Å². The molecule has 0 bridgehead atoms. The Kier molecular flexibility index (Phi) is 6.96. The third-order valence-corrected chi connectivity index (χ3v) is 4.47. The first-order valence-corrected chi connectivity index (χ1v) is 9.50. The summed E-state index contributed by atoms with van der Waals surface area (Å²) in [7, 11) is 1.49. The number of primary amides is 1. The minimum atomic E-state index is -4.77.